The Kier molecular flexibility index (Phi) is 7.17. The first-order valence-corrected chi connectivity index (χ1v) is 8.22. The molecule has 1 amide bonds. The van der Waals surface area contributed by atoms with E-state index in [0.29, 0.717) is 5.69 Å². The van der Waals surface area contributed by atoms with Crippen LogP contribution in [0.15, 0.2) is 53.7 Å². The third-order valence-corrected chi connectivity index (χ3v) is 3.83. The van der Waals surface area contributed by atoms with Gasteiger partial charge in [-0.25, -0.2) is 4.79 Å². The lowest BCUT2D eigenvalue weighted by atomic mass is 10.1. The second kappa shape index (κ2) is 9.58. The van der Waals surface area contributed by atoms with E-state index in [9.17, 15) is 4.79 Å². The Bertz CT molecular complexity index is 757. The first kappa shape index (κ1) is 19.5. The maximum atomic E-state index is 12.0. The van der Waals surface area contributed by atoms with Gasteiger partial charge in [-0.05, 0) is 25.5 Å². The van der Waals surface area contributed by atoms with Gasteiger partial charge in [-0.2, -0.15) is 0 Å². The zero-order valence-electron chi connectivity index (χ0n) is 15.6. The number of methoxy groups -OCH3 is 2. The van der Waals surface area contributed by atoms with Gasteiger partial charge >= 0.3 is 6.09 Å². The highest BCUT2D eigenvalue weighted by Gasteiger charge is 2.19. The SMILES string of the molecule is COCN(C(=O)OC)c1ccccc1CON=C(C)c1ccc(C)cc1. The number of nitrogens with zero attached hydrogens (tertiary/aromatic N) is 2. The number of anilines is 1. The number of benzene rings is 2. The number of carbonyl (C=O) groups excluding carboxylic acids is 1. The Morgan fingerprint density at radius 3 is 2.42 bits per heavy atom. The van der Waals surface area contributed by atoms with E-state index in [-0.39, 0.29) is 13.3 Å². The molecular formula is C20H24N2O4. The van der Waals surface area contributed by atoms with E-state index in [0.717, 1.165) is 16.8 Å². The molecule has 0 unspecified atom stereocenters. The summed E-state index contributed by atoms with van der Waals surface area (Å²) in [6.07, 6.45) is -0.501. The molecule has 2 rings (SSSR count). The summed E-state index contributed by atoms with van der Waals surface area (Å²) in [5.41, 5.74) is 4.43. The second-order valence-corrected chi connectivity index (χ2v) is 5.76. The fourth-order valence-corrected chi connectivity index (χ4v) is 2.40. The van der Waals surface area contributed by atoms with Crippen molar-refractivity contribution in [1.29, 1.82) is 0 Å². The molecule has 0 N–H and O–H groups in total. The normalized spacial score (nSPS) is 11.2. The van der Waals surface area contributed by atoms with Crippen LogP contribution in [0.2, 0.25) is 0 Å². The molecule has 0 aliphatic rings. The zero-order chi connectivity index (χ0) is 18.9. The maximum absolute atomic E-state index is 12.0. The summed E-state index contributed by atoms with van der Waals surface area (Å²) in [4.78, 5) is 18.9. The highest BCUT2D eigenvalue weighted by Crippen LogP contribution is 2.22. The van der Waals surface area contributed by atoms with Gasteiger partial charge in [0.15, 0.2) is 0 Å². The van der Waals surface area contributed by atoms with Crippen molar-refractivity contribution in [3.63, 3.8) is 0 Å². The Balaban J connectivity index is 2.13. The van der Waals surface area contributed by atoms with Gasteiger partial charge in [-0.3, -0.25) is 4.90 Å². The molecule has 6 nitrogen and oxygen atoms in total. The molecule has 0 saturated heterocycles. The van der Waals surface area contributed by atoms with E-state index in [1.54, 1.807) is 0 Å². The van der Waals surface area contributed by atoms with Crippen molar-refractivity contribution in [2.45, 2.75) is 20.5 Å². The predicted octanol–water partition coefficient (Wildman–Crippen LogP) is 4.11. The summed E-state index contributed by atoms with van der Waals surface area (Å²) < 4.78 is 9.93. The van der Waals surface area contributed by atoms with Crippen molar-refractivity contribution >= 4 is 17.5 Å². The van der Waals surface area contributed by atoms with Crippen LogP contribution in [0.5, 0.6) is 0 Å². The van der Waals surface area contributed by atoms with E-state index in [1.165, 1.54) is 24.7 Å². The Morgan fingerprint density at radius 1 is 1.08 bits per heavy atom. The van der Waals surface area contributed by atoms with Crippen LogP contribution >= 0.6 is 0 Å². The predicted molar refractivity (Wildman–Crippen MR) is 101 cm³/mol. The Morgan fingerprint density at radius 2 is 1.77 bits per heavy atom. The monoisotopic (exact) mass is 356 g/mol. The summed E-state index contributed by atoms with van der Waals surface area (Å²) in [6, 6.07) is 15.5. The number of hydrogen-bond acceptors (Lipinski definition) is 5. The average molecular weight is 356 g/mol. The summed E-state index contributed by atoms with van der Waals surface area (Å²) in [7, 11) is 2.85. The fourth-order valence-electron chi connectivity index (χ4n) is 2.40. The molecule has 0 heterocycles. The molecule has 2 aromatic rings. The third-order valence-electron chi connectivity index (χ3n) is 3.83. The lowest BCUT2D eigenvalue weighted by Gasteiger charge is -2.22. The van der Waals surface area contributed by atoms with Crippen molar-refractivity contribution < 1.29 is 19.1 Å². The number of carbonyl (C=O) groups is 1. The highest BCUT2D eigenvalue weighted by atomic mass is 16.6. The minimum absolute atomic E-state index is 0.0787. The van der Waals surface area contributed by atoms with E-state index in [4.69, 9.17) is 14.3 Å². The van der Waals surface area contributed by atoms with Crippen LogP contribution in [-0.4, -0.2) is 32.8 Å². The van der Waals surface area contributed by atoms with Crippen molar-refractivity contribution in [3.8, 4) is 0 Å². The lowest BCUT2D eigenvalue weighted by molar-refractivity contribution is 0.129. The van der Waals surface area contributed by atoms with Gasteiger partial charge in [0.05, 0.1) is 18.5 Å². The van der Waals surface area contributed by atoms with E-state index in [1.807, 2.05) is 62.4 Å². The first-order chi connectivity index (χ1) is 12.6. The number of para-hydroxylation sites is 1. The molecular weight excluding hydrogens is 332 g/mol. The zero-order valence-corrected chi connectivity index (χ0v) is 15.6. The van der Waals surface area contributed by atoms with Crippen molar-refractivity contribution in [3.05, 3.63) is 65.2 Å². The van der Waals surface area contributed by atoms with Crippen LogP contribution in [-0.2, 0) is 20.9 Å². The van der Waals surface area contributed by atoms with Gasteiger partial charge in [0, 0.05) is 12.7 Å². The van der Waals surface area contributed by atoms with Crippen molar-refractivity contribution in [2.24, 2.45) is 5.16 Å². The minimum atomic E-state index is -0.501. The number of amides is 1. The van der Waals surface area contributed by atoms with Crippen LogP contribution in [0, 0.1) is 6.92 Å². The topological polar surface area (TPSA) is 60.4 Å². The summed E-state index contributed by atoms with van der Waals surface area (Å²) in [6.45, 7) is 4.23. The molecule has 0 atom stereocenters. The fraction of sp³-hybridized carbons (Fsp3) is 0.300. The largest absolute Gasteiger partial charge is 0.452 e. The molecule has 6 heteroatoms. The summed E-state index contributed by atoms with van der Waals surface area (Å²) in [5, 5.41) is 4.18. The summed E-state index contributed by atoms with van der Waals surface area (Å²) in [5.74, 6) is 0. The van der Waals surface area contributed by atoms with Gasteiger partial charge in [0.2, 0.25) is 0 Å². The number of oxime groups is 1. The van der Waals surface area contributed by atoms with Crippen LogP contribution < -0.4 is 4.90 Å². The molecule has 0 spiro atoms. The van der Waals surface area contributed by atoms with Crippen molar-refractivity contribution in [2.75, 3.05) is 25.9 Å². The minimum Gasteiger partial charge on any atom is -0.452 e. The van der Waals surface area contributed by atoms with Crippen LogP contribution in [0.4, 0.5) is 10.5 Å². The van der Waals surface area contributed by atoms with Crippen LogP contribution in [0.1, 0.15) is 23.6 Å². The van der Waals surface area contributed by atoms with Gasteiger partial charge < -0.3 is 14.3 Å². The van der Waals surface area contributed by atoms with Crippen molar-refractivity contribution in [1.82, 2.24) is 0 Å². The van der Waals surface area contributed by atoms with E-state index >= 15 is 0 Å². The molecule has 0 aromatic heterocycles. The van der Waals surface area contributed by atoms with Gasteiger partial charge in [0.25, 0.3) is 0 Å². The molecule has 0 fully saturated rings. The van der Waals surface area contributed by atoms with E-state index in [2.05, 4.69) is 5.16 Å². The standard InChI is InChI=1S/C20H24N2O4/c1-15-9-11-17(12-10-15)16(2)21-26-13-18-7-5-6-8-19(18)22(14-24-3)20(23)25-4/h5-12H,13-14H2,1-4H3. The number of hydrogen-bond donors (Lipinski definition) is 0. The quantitative estimate of drug-likeness (QED) is 0.425. The first-order valence-electron chi connectivity index (χ1n) is 8.22. The molecule has 0 bridgehead atoms. The molecule has 0 aliphatic heterocycles. The molecule has 138 valence electrons. The Labute approximate surface area is 154 Å². The third kappa shape index (κ3) is 5.07. The number of aryl methyl sites for hydroxylation is 1. The van der Waals surface area contributed by atoms with Crippen LogP contribution in [0.25, 0.3) is 0 Å². The summed E-state index contributed by atoms with van der Waals surface area (Å²) >= 11 is 0. The second-order valence-electron chi connectivity index (χ2n) is 5.76. The molecule has 26 heavy (non-hydrogen) atoms. The smallest absolute Gasteiger partial charge is 0.415 e. The molecule has 2 aromatic carbocycles. The highest BCUT2D eigenvalue weighted by molar-refractivity contribution is 5.98. The number of ether oxygens (including phenoxy) is 2. The molecule has 0 aliphatic carbocycles. The maximum Gasteiger partial charge on any atom is 0.415 e. The number of rotatable bonds is 7. The lowest BCUT2D eigenvalue weighted by Crippen LogP contribution is -2.33. The average Bonchev–Trinajstić information content (AvgIpc) is 2.66. The Hall–Kier alpha value is -2.86. The van der Waals surface area contributed by atoms with Crippen LogP contribution in [0.3, 0.4) is 0 Å². The molecule has 0 radical (unpaired) electrons. The molecule has 0 saturated carbocycles. The van der Waals surface area contributed by atoms with Gasteiger partial charge in [0.1, 0.15) is 13.3 Å². The van der Waals surface area contributed by atoms with Gasteiger partial charge in [-0.1, -0.05) is 53.2 Å². The van der Waals surface area contributed by atoms with E-state index < -0.39 is 6.09 Å². The van der Waals surface area contributed by atoms with Gasteiger partial charge in [-0.15, -0.1) is 0 Å².